The van der Waals surface area contributed by atoms with Gasteiger partial charge in [-0.1, -0.05) is 18.2 Å². The second-order valence-electron chi connectivity index (χ2n) is 5.98. The van der Waals surface area contributed by atoms with Crippen molar-refractivity contribution < 1.29 is 12.8 Å². The van der Waals surface area contributed by atoms with Crippen molar-refractivity contribution in [2.24, 2.45) is 10.8 Å². The van der Waals surface area contributed by atoms with Gasteiger partial charge in [-0.2, -0.15) is 0 Å². The van der Waals surface area contributed by atoms with E-state index in [0.717, 1.165) is 24.8 Å². The monoisotopic (exact) mass is 288 g/mol. The van der Waals surface area contributed by atoms with Crippen molar-refractivity contribution in [3.63, 3.8) is 0 Å². The van der Waals surface area contributed by atoms with Gasteiger partial charge < -0.3 is 0 Å². The van der Waals surface area contributed by atoms with E-state index in [1.54, 1.807) is 12.1 Å². The highest BCUT2D eigenvalue weighted by Gasteiger charge is 2.68. The van der Waals surface area contributed by atoms with Crippen LogP contribution in [0.1, 0.15) is 24.8 Å². The molecule has 0 N–H and O–H groups in total. The molecule has 0 heterocycles. The van der Waals surface area contributed by atoms with E-state index in [0.29, 0.717) is 6.42 Å². The molecule has 3 fully saturated rings. The van der Waals surface area contributed by atoms with Gasteiger partial charge >= 0.3 is 0 Å². The molecular weight excluding hydrogens is 275 g/mol. The van der Waals surface area contributed by atoms with Crippen LogP contribution in [0.5, 0.6) is 0 Å². The van der Waals surface area contributed by atoms with Crippen LogP contribution < -0.4 is 0 Å². The third-order valence-electron chi connectivity index (χ3n) is 4.25. The summed E-state index contributed by atoms with van der Waals surface area (Å²) in [6.45, 7) is 0. The molecule has 98 valence electrons. The average molecular weight is 289 g/mol. The molecule has 18 heavy (non-hydrogen) atoms. The molecule has 2 nitrogen and oxygen atoms in total. The van der Waals surface area contributed by atoms with E-state index in [9.17, 15) is 12.8 Å². The Morgan fingerprint density at radius 2 is 1.78 bits per heavy atom. The Labute approximate surface area is 111 Å². The van der Waals surface area contributed by atoms with Gasteiger partial charge in [0.2, 0.25) is 9.05 Å². The Morgan fingerprint density at radius 3 is 2.33 bits per heavy atom. The molecule has 0 saturated heterocycles. The molecule has 1 aromatic rings. The lowest BCUT2D eigenvalue weighted by atomic mass is 9.34. The summed E-state index contributed by atoms with van der Waals surface area (Å²) < 4.78 is 35.7. The Morgan fingerprint density at radius 1 is 1.17 bits per heavy atom. The van der Waals surface area contributed by atoms with E-state index >= 15 is 0 Å². The number of rotatable bonds is 4. The molecule has 0 radical (unpaired) electrons. The van der Waals surface area contributed by atoms with Crippen LogP contribution in [0, 0.1) is 16.6 Å². The lowest BCUT2D eigenvalue weighted by Gasteiger charge is -2.71. The van der Waals surface area contributed by atoms with Gasteiger partial charge in [0.05, 0.1) is 5.75 Å². The Balaban J connectivity index is 1.66. The van der Waals surface area contributed by atoms with Crippen molar-refractivity contribution >= 4 is 19.7 Å². The predicted molar refractivity (Wildman–Crippen MR) is 68.5 cm³/mol. The molecule has 0 aromatic heterocycles. The summed E-state index contributed by atoms with van der Waals surface area (Å²) in [4.78, 5) is 0. The fourth-order valence-electron chi connectivity index (χ4n) is 3.98. The topological polar surface area (TPSA) is 34.1 Å². The first-order chi connectivity index (χ1) is 8.32. The largest absolute Gasteiger partial charge is 0.233 e. The molecule has 0 amide bonds. The summed E-state index contributed by atoms with van der Waals surface area (Å²) in [6.07, 6.45) is 3.30. The second-order valence-corrected chi connectivity index (χ2v) is 8.76. The zero-order chi connectivity index (χ0) is 13.0. The van der Waals surface area contributed by atoms with Crippen LogP contribution in [-0.2, 0) is 15.5 Å². The molecule has 3 aliphatic carbocycles. The molecule has 0 spiro atoms. The maximum Gasteiger partial charge on any atom is 0.233 e. The summed E-state index contributed by atoms with van der Waals surface area (Å²) in [5, 5.41) is 0. The molecule has 3 saturated carbocycles. The molecule has 2 bridgehead atoms. The number of halogens is 2. The maximum atomic E-state index is 13.5. The minimum Gasteiger partial charge on any atom is -0.212 e. The Hall–Kier alpha value is -0.610. The number of benzene rings is 1. The van der Waals surface area contributed by atoms with Crippen LogP contribution in [0.15, 0.2) is 24.3 Å². The summed E-state index contributed by atoms with van der Waals surface area (Å²) in [6, 6.07) is 6.80. The number of hydrogen-bond acceptors (Lipinski definition) is 2. The second kappa shape index (κ2) is 3.70. The number of hydrogen-bond donors (Lipinski definition) is 0. The van der Waals surface area contributed by atoms with Crippen molar-refractivity contribution in [1.29, 1.82) is 0 Å². The van der Waals surface area contributed by atoms with Crippen LogP contribution in [0.25, 0.3) is 0 Å². The van der Waals surface area contributed by atoms with Crippen molar-refractivity contribution in [2.75, 3.05) is 5.75 Å². The molecule has 0 atom stereocenters. The zero-order valence-corrected chi connectivity index (χ0v) is 11.4. The van der Waals surface area contributed by atoms with Gasteiger partial charge in [0.15, 0.2) is 0 Å². The first-order valence-electron chi connectivity index (χ1n) is 5.97. The van der Waals surface area contributed by atoms with Crippen LogP contribution in [0.4, 0.5) is 4.39 Å². The molecule has 1 aromatic carbocycles. The SMILES string of the molecule is O=S(=O)(Cl)CC12CC(Cc3ccccc3F)(C1)C2. The van der Waals surface area contributed by atoms with Crippen LogP contribution in [-0.4, -0.2) is 14.2 Å². The summed E-state index contributed by atoms with van der Waals surface area (Å²) in [7, 11) is 1.88. The Kier molecular flexibility index (Phi) is 2.55. The third kappa shape index (κ3) is 2.05. The van der Waals surface area contributed by atoms with Gasteiger partial charge in [0.25, 0.3) is 0 Å². The van der Waals surface area contributed by atoms with E-state index < -0.39 is 9.05 Å². The van der Waals surface area contributed by atoms with Crippen LogP contribution >= 0.6 is 10.7 Å². The standard InChI is InChI=1S/C13H14ClFO2S/c14-18(16,17)9-13-6-12(7-13,8-13)5-10-3-1-2-4-11(10)15/h1-4H,5-9H2. The fourth-order valence-corrected chi connectivity index (χ4v) is 5.72. The predicted octanol–water partition coefficient (Wildman–Crippen LogP) is 3.11. The van der Waals surface area contributed by atoms with Gasteiger partial charge in [-0.25, -0.2) is 12.8 Å². The molecule has 3 aliphatic rings. The van der Waals surface area contributed by atoms with E-state index in [2.05, 4.69) is 0 Å². The van der Waals surface area contributed by atoms with Gasteiger partial charge in [0.1, 0.15) is 5.82 Å². The highest BCUT2D eigenvalue weighted by Crippen LogP contribution is 2.74. The lowest BCUT2D eigenvalue weighted by Crippen LogP contribution is -2.64. The van der Waals surface area contributed by atoms with E-state index in [1.165, 1.54) is 6.07 Å². The molecule has 0 aliphatic heterocycles. The van der Waals surface area contributed by atoms with Gasteiger partial charge in [0, 0.05) is 10.7 Å². The molecule has 4 rings (SSSR count). The van der Waals surface area contributed by atoms with Crippen molar-refractivity contribution in [1.82, 2.24) is 0 Å². The van der Waals surface area contributed by atoms with Crippen molar-refractivity contribution in [3.8, 4) is 0 Å². The first-order valence-corrected chi connectivity index (χ1v) is 8.45. The summed E-state index contributed by atoms with van der Waals surface area (Å²) in [5.41, 5.74) is 0.759. The quantitative estimate of drug-likeness (QED) is 0.798. The van der Waals surface area contributed by atoms with Crippen molar-refractivity contribution in [3.05, 3.63) is 35.6 Å². The van der Waals surface area contributed by atoms with Crippen LogP contribution in [0.2, 0.25) is 0 Å². The fraction of sp³-hybridized carbons (Fsp3) is 0.538. The van der Waals surface area contributed by atoms with E-state index in [-0.39, 0.29) is 22.4 Å². The van der Waals surface area contributed by atoms with Gasteiger partial charge in [-0.3, -0.25) is 0 Å². The maximum absolute atomic E-state index is 13.5. The average Bonchev–Trinajstić information content (AvgIpc) is 2.14. The first kappa shape index (κ1) is 12.4. The Bertz CT molecular complexity index is 577. The van der Waals surface area contributed by atoms with E-state index in [4.69, 9.17) is 10.7 Å². The zero-order valence-electron chi connectivity index (χ0n) is 9.83. The minimum atomic E-state index is -3.41. The molecule has 5 heteroatoms. The van der Waals surface area contributed by atoms with Gasteiger partial charge in [-0.15, -0.1) is 0 Å². The molecular formula is C13H14ClFO2S. The highest BCUT2D eigenvalue weighted by molar-refractivity contribution is 8.13. The third-order valence-corrected chi connectivity index (χ3v) is 5.54. The van der Waals surface area contributed by atoms with Crippen LogP contribution in [0.3, 0.4) is 0 Å². The lowest BCUT2D eigenvalue weighted by molar-refractivity contribution is -0.186. The van der Waals surface area contributed by atoms with Gasteiger partial charge in [-0.05, 0) is 48.1 Å². The van der Waals surface area contributed by atoms with E-state index in [1.807, 2.05) is 6.07 Å². The van der Waals surface area contributed by atoms with Crippen molar-refractivity contribution in [2.45, 2.75) is 25.7 Å². The summed E-state index contributed by atoms with van der Waals surface area (Å²) in [5.74, 6) is -0.0955. The highest BCUT2D eigenvalue weighted by atomic mass is 35.7. The molecule has 0 unspecified atom stereocenters. The summed E-state index contributed by atoms with van der Waals surface area (Å²) >= 11 is 0. The normalized spacial score (nSPS) is 33.7. The minimum absolute atomic E-state index is 0.0700. The smallest absolute Gasteiger partial charge is 0.212 e.